The molecular formula is C14H19NO6. The van der Waals surface area contributed by atoms with Crippen molar-refractivity contribution in [2.24, 2.45) is 0 Å². The van der Waals surface area contributed by atoms with Gasteiger partial charge in [-0.1, -0.05) is 30.3 Å². The molecule has 0 aliphatic carbocycles. The first kappa shape index (κ1) is 15.7. The molecule has 0 aromatic heterocycles. The lowest BCUT2D eigenvalue weighted by Crippen LogP contribution is -2.43. The van der Waals surface area contributed by atoms with Gasteiger partial charge >= 0.3 is 6.09 Å². The van der Waals surface area contributed by atoms with Gasteiger partial charge in [-0.3, -0.25) is 0 Å². The number of ether oxygens (including phenoxy) is 1. The number of carbonyl (C=O) groups excluding carboxylic acids is 1. The molecule has 7 heteroatoms. The fourth-order valence-corrected chi connectivity index (χ4v) is 2.16. The zero-order valence-corrected chi connectivity index (χ0v) is 11.4. The Morgan fingerprint density at radius 2 is 1.57 bits per heavy atom. The SMILES string of the molecule is O=C(OCc1ccccc1)N1C[C@@H](O)[C@@H](O)[C@H](O)[C@H](O)C1. The Hall–Kier alpha value is -1.67. The lowest BCUT2D eigenvalue weighted by molar-refractivity contribution is -0.0894. The van der Waals surface area contributed by atoms with Crippen molar-refractivity contribution in [3.8, 4) is 0 Å². The van der Waals surface area contributed by atoms with Gasteiger partial charge in [-0.2, -0.15) is 0 Å². The molecule has 2 rings (SSSR count). The van der Waals surface area contributed by atoms with E-state index in [-0.39, 0.29) is 19.7 Å². The number of amides is 1. The summed E-state index contributed by atoms with van der Waals surface area (Å²) in [5, 5.41) is 38.5. The van der Waals surface area contributed by atoms with Crippen LogP contribution in [-0.4, -0.2) is 68.9 Å². The Kier molecular flexibility index (Phi) is 5.13. The quantitative estimate of drug-likeness (QED) is 0.562. The summed E-state index contributed by atoms with van der Waals surface area (Å²) >= 11 is 0. The van der Waals surface area contributed by atoms with E-state index in [9.17, 15) is 25.2 Å². The van der Waals surface area contributed by atoms with E-state index >= 15 is 0 Å². The minimum Gasteiger partial charge on any atom is -0.445 e. The highest BCUT2D eigenvalue weighted by Crippen LogP contribution is 2.15. The van der Waals surface area contributed by atoms with Crippen LogP contribution >= 0.6 is 0 Å². The van der Waals surface area contributed by atoms with Gasteiger partial charge in [-0.15, -0.1) is 0 Å². The van der Waals surface area contributed by atoms with Gasteiger partial charge in [0.1, 0.15) is 31.0 Å². The third kappa shape index (κ3) is 3.92. The summed E-state index contributed by atoms with van der Waals surface area (Å²) in [5.74, 6) is 0. The number of nitrogens with zero attached hydrogens (tertiary/aromatic N) is 1. The maximum absolute atomic E-state index is 11.9. The predicted molar refractivity (Wildman–Crippen MR) is 72.2 cm³/mol. The molecular weight excluding hydrogens is 278 g/mol. The van der Waals surface area contributed by atoms with E-state index in [1.165, 1.54) is 0 Å². The van der Waals surface area contributed by atoms with E-state index in [0.717, 1.165) is 10.5 Å². The number of aliphatic hydroxyl groups excluding tert-OH is 4. The minimum atomic E-state index is -1.51. The maximum Gasteiger partial charge on any atom is 0.410 e. The molecule has 1 aromatic carbocycles. The Morgan fingerprint density at radius 3 is 2.10 bits per heavy atom. The van der Waals surface area contributed by atoms with Crippen molar-refractivity contribution in [1.82, 2.24) is 4.90 Å². The zero-order valence-electron chi connectivity index (χ0n) is 11.4. The number of aliphatic hydroxyl groups is 4. The number of benzene rings is 1. The van der Waals surface area contributed by atoms with Gasteiger partial charge in [0, 0.05) is 0 Å². The highest BCUT2D eigenvalue weighted by Gasteiger charge is 2.38. The van der Waals surface area contributed by atoms with Crippen LogP contribution in [0.2, 0.25) is 0 Å². The van der Waals surface area contributed by atoms with Gasteiger partial charge in [0.25, 0.3) is 0 Å². The average Bonchev–Trinajstić information content (AvgIpc) is 2.59. The van der Waals surface area contributed by atoms with Gasteiger partial charge in [0.2, 0.25) is 0 Å². The standard InChI is InChI=1S/C14H19NO6/c16-10-6-15(7-11(17)13(19)12(10)18)14(20)21-8-9-4-2-1-3-5-9/h1-5,10-13,16-19H,6-8H2/t10-,11-,12-,13-/m1/s1. The molecule has 1 fully saturated rings. The molecule has 1 aliphatic rings. The highest BCUT2D eigenvalue weighted by atomic mass is 16.6. The molecule has 0 radical (unpaired) electrons. The molecule has 116 valence electrons. The molecule has 0 saturated carbocycles. The lowest BCUT2D eigenvalue weighted by Gasteiger charge is -2.22. The topological polar surface area (TPSA) is 110 Å². The summed E-state index contributed by atoms with van der Waals surface area (Å²) in [5.41, 5.74) is 0.807. The van der Waals surface area contributed by atoms with Crippen molar-refractivity contribution < 1.29 is 30.0 Å². The van der Waals surface area contributed by atoms with E-state index in [1.807, 2.05) is 18.2 Å². The Balaban J connectivity index is 1.95. The van der Waals surface area contributed by atoms with Crippen LogP contribution in [0.15, 0.2) is 30.3 Å². The molecule has 1 saturated heterocycles. The third-order valence-electron chi connectivity index (χ3n) is 3.42. The molecule has 1 heterocycles. The van der Waals surface area contributed by atoms with Crippen LogP contribution in [0.1, 0.15) is 5.56 Å². The van der Waals surface area contributed by atoms with Crippen LogP contribution < -0.4 is 0 Å². The predicted octanol–water partition coefficient (Wildman–Crippen LogP) is -0.918. The number of likely N-dealkylation sites (tertiary alicyclic amines) is 1. The van der Waals surface area contributed by atoms with Crippen molar-refractivity contribution in [3.05, 3.63) is 35.9 Å². The Morgan fingerprint density at radius 1 is 1.05 bits per heavy atom. The number of β-amino-alcohol motifs (C(OH)–C–C–N with tert-alkyl or cyclic N) is 2. The lowest BCUT2D eigenvalue weighted by atomic mass is 10.1. The normalized spacial score (nSPS) is 29.8. The number of carbonyl (C=O) groups is 1. The second-order valence-corrected chi connectivity index (χ2v) is 5.06. The Labute approximate surface area is 122 Å². The van der Waals surface area contributed by atoms with Crippen LogP contribution in [0.25, 0.3) is 0 Å². The second-order valence-electron chi connectivity index (χ2n) is 5.06. The summed E-state index contributed by atoms with van der Waals surface area (Å²) in [6.07, 6.45) is -6.43. The first-order valence-electron chi connectivity index (χ1n) is 6.67. The van der Waals surface area contributed by atoms with Gasteiger partial charge < -0.3 is 30.1 Å². The zero-order chi connectivity index (χ0) is 15.4. The first-order chi connectivity index (χ1) is 9.99. The summed E-state index contributed by atoms with van der Waals surface area (Å²) in [6, 6.07) is 9.07. The van der Waals surface area contributed by atoms with E-state index in [4.69, 9.17) is 4.74 Å². The largest absolute Gasteiger partial charge is 0.445 e. The Bertz CT molecular complexity index is 452. The molecule has 21 heavy (non-hydrogen) atoms. The molecule has 0 spiro atoms. The fraction of sp³-hybridized carbons (Fsp3) is 0.500. The highest BCUT2D eigenvalue weighted by molar-refractivity contribution is 5.67. The summed E-state index contributed by atoms with van der Waals surface area (Å²) in [7, 11) is 0. The van der Waals surface area contributed by atoms with Crippen LogP contribution in [0.3, 0.4) is 0 Å². The van der Waals surface area contributed by atoms with E-state index < -0.39 is 30.5 Å². The number of hydrogen-bond acceptors (Lipinski definition) is 6. The van der Waals surface area contributed by atoms with Crippen LogP contribution in [0.4, 0.5) is 4.79 Å². The summed E-state index contributed by atoms with van der Waals surface area (Å²) < 4.78 is 5.09. The molecule has 0 bridgehead atoms. The van der Waals surface area contributed by atoms with Gasteiger partial charge in [0.15, 0.2) is 0 Å². The van der Waals surface area contributed by atoms with Crippen LogP contribution in [-0.2, 0) is 11.3 Å². The smallest absolute Gasteiger partial charge is 0.410 e. The van der Waals surface area contributed by atoms with Crippen molar-refractivity contribution >= 4 is 6.09 Å². The van der Waals surface area contributed by atoms with Crippen molar-refractivity contribution in [2.75, 3.05) is 13.1 Å². The van der Waals surface area contributed by atoms with E-state index in [0.29, 0.717) is 0 Å². The van der Waals surface area contributed by atoms with Gasteiger partial charge in [0.05, 0.1) is 13.1 Å². The van der Waals surface area contributed by atoms with E-state index in [1.54, 1.807) is 12.1 Å². The molecule has 4 N–H and O–H groups in total. The second kappa shape index (κ2) is 6.86. The molecule has 1 amide bonds. The molecule has 4 atom stereocenters. The monoisotopic (exact) mass is 297 g/mol. The van der Waals surface area contributed by atoms with Crippen molar-refractivity contribution in [1.29, 1.82) is 0 Å². The molecule has 1 aromatic rings. The molecule has 1 aliphatic heterocycles. The number of hydrogen-bond donors (Lipinski definition) is 4. The fourth-order valence-electron chi connectivity index (χ4n) is 2.16. The summed E-state index contributed by atoms with van der Waals surface area (Å²) in [4.78, 5) is 13.0. The van der Waals surface area contributed by atoms with Gasteiger partial charge in [-0.25, -0.2) is 4.79 Å². The maximum atomic E-state index is 11.9. The molecule has 7 nitrogen and oxygen atoms in total. The minimum absolute atomic E-state index is 0.0630. The summed E-state index contributed by atoms with van der Waals surface area (Å²) in [6.45, 7) is -0.376. The van der Waals surface area contributed by atoms with Gasteiger partial charge in [-0.05, 0) is 5.56 Å². The van der Waals surface area contributed by atoms with Crippen LogP contribution in [0.5, 0.6) is 0 Å². The van der Waals surface area contributed by atoms with Crippen molar-refractivity contribution in [2.45, 2.75) is 31.0 Å². The number of rotatable bonds is 2. The van der Waals surface area contributed by atoms with Crippen LogP contribution in [0, 0.1) is 0 Å². The average molecular weight is 297 g/mol. The molecule has 0 unspecified atom stereocenters. The van der Waals surface area contributed by atoms with E-state index in [2.05, 4.69) is 0 Å². The third-order valence-corrected chi connectivity index (χ3v) is 3.42. The van der Waals surface area contributed by atoms with Crippen molar-refractivity contribution in [3.63, 3.8) is 0 Å². The first-order valence-corrected chi connectivity index (χ1v) is 6.67.